The quantitative estimate of drug-likeness (QED) is 0.757. The molecule has 1 heterocycles. The summed E-state index contributed by atoms with van der Waals surface area (Å²) < 4.78 is 10.8. The third-order valence-corrected chi connectivity index (χ3v) is 2.52. The van der Waals surface area contributed by atoms with Crippen LogP contribution in [0.15, 0.2) is 0 Å². The Hall–Kier alpha value is -1.30. The number of hydrogen-bond acceptors (Lipinski definition) is 4. The number of primary amides is 1. The highest BCUT2D eigenvalue weighted by Crippen LogP contribution is 2.22. The fraction of sp³-hybridized carbons (Fsp3) is 0.833. The van der Waals surface area contributed by atoms with Crippen LogP contribution in [0.1, 0.15) is 34.6 Å². The van der Waals surface area contributed by atoms with E-state index in [2.05, 4.69) is 0 Å². The molecule has 0 radical (unpaired) electrons. The lowest BCUT2D eigenvalue weighted by Gasteiger charge is -2.42. The first-order valence-corrected chi connectivity index (χ1v) is 5.95. The van der Waals surface area contributed by atoms with Gasteiger partial charge in [-0.15, -0.1) is 0 Å². The minimum atomic E-state index is -0.770. The van der Waals surface area contributed by atoms with Crippen LogP contribution in [0.2, 0.25) is 0 Å². The number of carbonyl (C=O) groups is 2. The van der Waals surface area contributed by atoms with Gasteiger partial charge in [0, 0.05) is 0 Å². The molecule has 0 aliphatic carbocycles. The van der Waals surface area contributed by atoms with Crippen LogP contribution in [0.25, 0.3) is 0 Å². The van der Waals surface area contributed by atoms with E-state index in [9.17, 15) is 9.59 Å². The molecule has 2 N–H and O–H groups in total. The highest BCUT2D eigenvalue weighted by Gasteiger charge is 2.41. The normalized spacial score (nSPS) is 23.6. The van der Waals surface area contributed by atoms with Gasteiger partial charge in [-0.2, -0.15) is 0 Å². The Labute approximate surface area is 107 Å². The maximum Gasteiger partial charge on any atom is 0.411 e. The number of nitrogens with zero attached hydrogens (tertiary/aromatic N) is 1. The first-order chi connectivity index (χ1) is 8.02. The molecule has 1 unspecified atom stereocenters. The van der Waals surface area contributed by atoms with Crippen molar-refractivity contribution >= 4 is 12.0 Å². The highest BCUT2D eigenvalue weighted by atomic mass is 16.6. The van der Waals surface area contributed by atoms with Crippen LogP contribution in [0.3, 0.4) is 0 Å². The van der Waals surface area contributed by atoms with Gasteiger partial charge in [-0.25, -0.2) is 4.79 Å². The summed E-state index contributed by atoms with van der Waals surface area (Å²) in [4.78, 5) is 24.7. The molecule has 1 aliphatic heterocycles. The molecule has 0 saturated carbocycles. The number of ether oxygens (including phenoxy) is 2. The molecule has 1 rings (SSSR count). The Morgan fingerprint density at radius 3 is 2.39 bits per heavy atom. The van der Waals surface area contributed by atoms with Gasteiger partial charge >= 0.3 is 6.09 Å². The van der Waals surface area contributed by atoms with Crippen LogP contribution < -0.4 is 5.73 Å². The van der Waals surface area contributed by atoms with E-state index >= 15 is 0 Å². The lowest BCUT2D eigenvalue weighted by Crippen LogP contribution is -2.61. The van der Waals surface area contributed by atoms with Crippen LogP contribution in [-0.2, 0) is 14.3 Å². The fourth-order valence-electron chi connectivity index (χ4n) is 1.71. The second-order valence-corrected chi connectivity index (χ2v) is 6.10. The van der Waals surface area contributed by atoms with Crippen molar-refractivity contribution in [3.05, 3.63) is 0 Å². The summed E-state index contributed by atoms with van der Waals surface area (Å²) >= 11 is 0. The topological polar surface area (TPSA) is 81.9 Å². The molecule has 18 heavy (non-hydrogen) atoms. The molecule has 1 fully saturated rings. The monoisotopic (exact) mass is 258 g/mol. The molecule has 0 aromatic heterocycles. The molecule has 2 amide bonds. The zero-order valence-electron chi connectivity index (χ0n) is 11.6. The van der Waals surface area contributed by atoms with Gasteiger partial charge in [0.25, 0.3) is 0 Å². The van der Waals surface area contributed by atoms with Gasteiger partial charge in [0.2, 0.25) is 5.91 Å². The van der Waals surface area contributed by atoms with Gasteiger partial charge in [0.1, 0.15) is 11.6 Å². The lowest BCUT2D eigenvalue weighted by molar-refractivity contribution is -0.143. The summed E-state index contributed by atoms with van der Waals surface area (Å²) in [5.41, 5.74) is 4.16. The fourth-order valence-corrected chi connectivity index (χ4v) is 1.71. The van der Waals surface area contributed by atoms with Crippen molar-refractivity contribution in [2.75, 3.05) is 13.2 Å². The Morgan fingerprint density at radius 2 is 1.94 bits per heavy atom. The molecule has 6 nitrogen and oxygen atoms in total. The Kier molecular flexibility index (Phi) is 3.90. The Bertz CT molecular complexity index is 346. The molecular weight excluding hydrogens is 236 g/mol. The second kappa shape index (κ2) is 4.76. The van der Waals surface area contributed by atoms with Gasteiger partial charge in [-0.05, 0) is 34.6 Å². The Balaban J connectivity index is 2.85. The van der Waals surface area contributed by atoms with Gasteiger partial charge < -0.3 is 15.2 Å². The van der Waals surface area contributed by atoms with Crippen LogP contribution in [-0.4, -0.2) is 47.3 Å². The van der Waals surface area contributed by atoms with E-state index in [1.54, 1.807) is 20.8 Å². The SMILES string of the molecule is CC(C)(C)OC(=O)N1CC(C)(C)OCC1C(N)=O. The van der Waals surface area contributed by atoms with Crippen molar-refractivity contribution in [2.45, 2.75) is 51.9 Å². The second-order valence-electron chi connectivity index (χ2n) is 6.10. The lowest BCUT2D eigenvalue weighted by atomic mass is 10.0. The number of rotatable bonds is 1. The standard InChI is InChI=1S/C12H22N2O4/c1-11(2,3)18-10(16)14-7-12(4,5)17-6-8(14)9(13)15/h8H,6-7H2,1-5H3,(H2,13,15). The molecule has 0 spiro atoms. The number of amides is 2. The van der Waals surface area contributed by atoms with E-state index in [4.69, 9.17) is 15.2 Å². The van der Waals surface area contributed by atoms with Crippen molar-refractivity contribution in [1.29, 1.82) is 0 Å². The van der Waals surface area contributed by atoms with Crippen LogP contribution >= 0.6 is 0 Å². The summed E-state index contributed by atoms with van der Waals surface area (Å²) in [6, 6.07) is -0.770. The van der Waals surface area contributed by atoms with E-state index in [1.807, 2.05) is 13.8 Å². The van der Waals surface area contributed by atoms with E-state index in [0.29, 0.717) is 0 Å². The van der Waals surface area contributed by atoms with Crippen molar-refractivity contribution in [1.82, 2.24) is 4.90 Å². The Morgan fingerprint density at radius 1 is 1.39 bits per heavy atom. The summed E-state index contributed by atoms with van der Waals surface area (Å²) in [5, 5.41) is 0. The maximum atomic E-state index is 12.1. The zero-order chi connectivity index (χ0) is 14.1. The first-order valence-electron chi connectivity index (χ1n) is 5.95. The predicted octanol–water partition coefficient (Wildman–Crippen LogP) is 0.886. The number of carbonyl (C=O) groups excluding carboxylic acids is 2. The van der Waals surface area contributed by atoms with Crippen molar-refractivity contribution in [2.24, 2.45) is 5.73 Å². The minimum Gasteiger partial charge on any atom is -0.444 e. The average Bonchev–Trinajstić information content (AvgIpc) is 2.12. The zero-order valence-corrected chi connectivity index (χ0v) is 11.6. The van der Waals surface area contributed by atoms with Gasteiger partial charge in [0.15, 0.2) is 0 Å². The number of nitrogens with two attached hydrogens (primary N) is 1. The van der Waals surface area contributed by atoms with Crippen LogP contribution in [0.4, 0.5) is 4.79 Å². The van der Waals surface area contributed by atoms with E-state index in [0.717, 1.165) is 0 Å². The molecule has 1 saturated heterocycles. The summed E-state index contributed by atoms with van der Waals surface area (Å²) in [7, 11) is 0. The van der Waals surface area contributed by atoms with Crippen molar-refractivity contribution in [3.8, 4) is 0 Å². The number of hydrogen-bond donors (Lipinski definition) is 1. The van der Waals surface area contributed by atoms with Gasteiger partial charge in [0.05, 0.1) is 18.8 Å². The van der Waals surface area contributed by atoms with Crippen LogP contribution in [0.5, 0.6) is 0 Å². The summed E-state index contributed by atoms with van der Waals surface area (Å²) in [6.07, 6.45) is -0.539. The van der Waals surface area contributed by atoms with Crippen LogP contribution in [0, 0.1) is 0 Å². The first kappa shape index (κ1) is 14.8. The summed E-state index contributed by atoms with van der Waals surface area (Å²) in [5.74, 6) is -0.587. The van der Waals surface area contributed by atoms with Gasteiger partial charge in [-0.1, -0.05) is 0 Å². The molecule has 104 valence electrons. The minimum absolute atomic E-state index is 0.0988. The molecule has 1 atom stereocenters. The van der Waals surface area contributed by atoms with Gasteiger partial charge in [-0.3, -0.25) is 9.69 Å². The highest BCUT2D eigenvalue weighted by molar-refractivity contribution is 5.84. The largest absolute Gasteiger partial charge is 0.444 e. The average molecular weight is 258 g/mol. The third-order valence-electron chi connectivity index (χ3n) is 2.52. The number of morpholine rings is 1. The van der Waals surface area contributed by atoms with E-state index < -0.39 is 29.2 Å². The molecule has 6 heteroatoms. The van der Waals surface area contributed by atoms with E-state index in [-0.39, 0.29) is 13.2 Å². The summed E-state index contributed by atoms with van der Waals surface area (Å²) in [6.45, 7) is 9.39. The van der Waals surface area contributed by atoms with Crippen molar-refractivity contribution in [3.63, 3.8) is 0 Å². The maximum absolute atomic E-state index is 12.1. The predicted molar refractivity (Wildman–Crippen MR) is 66.0 cm³/mol. The third kappa shape index (κ3) is 3.87. The molecule has 1 aliphatic rings. The van der Waals surface area contributed by atoms with Crippen molar-refractivity contribution < 1.29 is 19.1 Å². The molecular formula is C12H22N2O4. The molecule has 0 aromatic carbocycles. The molecule has 0 aromatic rings. The molecule has 0 bridgehead atoms. The smallest absolute Gasteiger partial charge is 0.411 e. The van der Waals surface area contributed by atoms with E-state index in [1.165, 1.54) is 4.90 Å².